The predicted octanol–water partition coefficient (Wildman–Crippen LogP) is 3.02. The van der Waals surface area contributed by atoms with E-state index in [9.17, 15) is 18.8 Å². The summed E-state index contributed by atoms with van der Waals surface area (Å²) in [5.41, 5.74) is 0.429. The average Bonchev–Trinajstić information content (AvgIpc) is 3.51. The molecule has 196 valence electrons. The number of hydrogen-bond acceptors (Lipinski definition) is 8. The van der Waals surface area contributed by atoms with E-state index in [2.05, 4.69) is 20.2 Å². The summed E-state index contributed by atoms with van der Waals surface area (Å²) in [4.78, 5) is 50.6. The van der Waals surface area contributed by atoms with Gasteiger partial charge in [0.15, 0.2) is 5.17 Å². The summed E-state index contributed by atoms with van der Waals surface area (Å²) in [5, 5.41) is 6.26. The predicted molar refractivity (Wildman–Crippen MR) is 145 cm³/mol. The first kappa shape index (κ1) is 24.7. The maximum atomic E-state index is 14.1. The Morgan fingerprint density at radius 2 is 1.84 bits per heavy atom. The van der Waals surface area contributed by atoms with Crippen LogP contribution in [0.3, 0.4) is 0 Å². The molecule has 6 rings (SSSR count). The van der Waals surface area contributed by atoms with Crippen LogP contribution in [0.5, 0.6) is 0 Å². The molecule has 0 unspecified atom stereocenters. The molecule has 1 saturated carbocycles. The summed E-state index contributed by atoms with van der Waals surface area (Å²) in [6.07, 6.45) is 5.56. The molecule has 0 bridgehead atoms. The van der Waals surface area contributed by atoms with Gasteiger partial charge in [0, 0.05) is 30.4 Å². The van der Waals surface area contributed by atoms with Gasteiger partial charge in [0.1, 0.15) is 11.5 Å². The van der Waals surface area contributed by atoms with Crippen LogP contribution in [-0.2, 0) is 4.79 Å². The highest BCUT2D eigenvalue weighted by molar-refractivity contribution is 8.16. The summed E-state index contributed by atoms with van der Waals surface area (Å²) >= 11 is 3.41. The third-order valence-corrected chi connectivity index (χ3v) is 9.70. The lowest BCUT2D eigenvalue weighted by atomic mass is 9.90. The van der Waals surface area contributed by atoms with Crippen molar-refractivity contribution in [1.29, 1.82) is 0 Å². The molecule has 1 aliphatic carbocycles. The molecule has 4 aliphatic rings. The second-order valence-corrected chi connectivity index (χ2v) is 12.0. The molecular formula is C25H29FN6O3S2. The van der Waals surface area contributed by atoms with Gasteiger partial charge in [0.25, 0.3) is 5.56 Å². The zero-order chi connectivity index (χ0) is 25.5. The second kappa shape index (κ2) is 10.3. The monoisotopic (exact) mass is 544 g/mol. The summed E-state index contributed by atoms with van der Waals surface area (Å²) in [7, 11) is 0. The minimum Gasteiger partial charge on any atom is -0.353 e. The third-order valence-electron chi connectivity index (χ3n) is 7.70. The van der Waals surface area contributed by atoms with Crippen molar-refractivity contribution in [3.8, 4) is 0 Å². The van der Waals surface area contributed by atoms with Crippen LogP contribution < -0.4 is 16.6 Å². The van der Waals surface area contributed by atoms with Gasteiger partial charge >= 0.3 is 5.69 Å². The van der Waals surface area contributed by atoms with Gasteiger partial charge in [0.2, 0.25) is 5.91 Å². The first-order valence-electron chi connectivity index (χ1n) is 12.9. The topological polar surface area (TPSA) is 102 Å². The summed E-state index contributed by atoms with van der Waals surface area (Å²) in [5.74, 6) is 1.26. The molecule has 2 aromatic rings. The maximum Gasteiger partial charge on any atom is 0.333 e. The molecule has 2 fully saturated rings. The van der Waals surface area contributed by atoms with E-state index < -0.39 is 11.4 Å². The van der Waals surface area contributed by atoms with E-state index in [4.69, 9.17) is 0 Å². The van der Waals surface area contributed by atoms with Gasteiger partial charge in [-0.25, -0.2) is 14.2 Å². The van der Waals surface area contributed by atoms with Crippen LogP contribution in [0.2, 0.25) is 0 Å². The Kier molecular flexibility index (Phi) is 6.87. The summed E-state index contributed by atoms with van der Waals surface area (Å²) < 4.78 is 17.1. The van der Waals surface area contributed by atoms with Gasteiger partial charge < -0.3 is 10.2 Å². The molecule has 12 heteroatoms. The number of hydrogen-bond donors (Lipinski definition) is 1. The van der Waals surface area contributed by atoms with Crippen molar-refractivity contribution in [3.63, 3.8) is 0 Å². The van der Waals surface area contributed by atoms with Gasteiger partial charge in [0.05, 0.1) is 24.5 Å². The molecule has 1 amide bonds. The fraction of sp³-hybridized carbons (Fsp3) is 0.560. The van der Waals surface area contributed by atoms with E-state index in [1.807, 2.05) is 17.2 Å². The third kappa shape index (κ3) is 4.73. The number of aromatic nitrogens is 3. The molecule has 37 heavy (non-hydrogen) atoms. The van der Waals surface area contributed by atoms with Crippen LogP contribution in [0.4, 0.5) is 4.39 Å². The van der Waals surface area contributed by atoms with Crippen LogP contribution in [0.25, 0.3) is 11.0 Å². The standard InChI is InChI=1S/C25H29FN6O3S2/c26-15-11-20-22(28-13-15)31(18-5-9-36-10-6-18)25(35)32(23(20)34)17-3-1-16(2-4-17)29-21(33)12-19-14-37-24-27-7-8-30(19)24/h11,13-14,16-18H,1-10,12H2,(H,29,33). The van der Waals surface area contributed by atoms with Crippen LogP contribution in [-0.4, -0.2) is 60.7 Å². The molecule has 9 nitrogen and oxygen atoms in total. The minimum atomic E-state index is -0.588. The Labute approximate surface area is 221 Å². The Bertz CT molecular complexity index is 1410. The number of halogens is 1. The number of rotatable bonds is 5. The highest BCUT2D eigenvalue weighted by atomic mass is 32.2. The lowest BCUT2D eigenvalue weighted by Crippen LogP contribution is -2.46. The zero-order valence-electron chi connectivity index (χ0n) is 20.4. The van der Waals surface area contributed by atoms with Gasteiger partial charge in [-0.05, 0) is 61.5 Å². The van der Waals surface area contributed by atoms with Gasteiger partial charge in [-0.3, -0.25) is 23.7 Å². The molecule has 0 radical (unpaired) electrons. The van der Waals surface area contributed by atoms with Crippen molar-refractivity contribution in [2.75, 3.05) is 24.6 Å². The second-order valence-electron chi connectivity index (χ2n) is 9.99. The van der Waals surface area contributed by atoms with Crippen LogP contribution in [0, 0.1) is 5.82 Å². The minimum absolute atomic E-state index is 0.00186. The van der Waals surface area contributed by atoms with Crippen molar-refractivity contribution in [2.45, 2.75) is 63.1 Å². The van der Waals surface area contributed by atoms with Crippen LogP contribution in [0.15, 0.2) is 37.9 Å². The summed E-state index contributed by atoms with van der Waals surface area (Å²) in [6.45, 7) is 1.59. The van der Waals surface area contributed by atoms with Crippen LogP contribution in [0.1, 0.15) is 57.0 Å². The number of nitrogens with zero attached hydrogens (tertiary/aromatic N) is 5. The van der Waals surface area contributed by atoms with Crippen LogP contribution >= 0.6 is 23.5 Å². The lowest BCUT2D eigenvalue weighted by molar-refractivity contribution is -0.121. The van der Waals surface area contributed by atoms with Crippen molar-refractivity contribution >= 4 is 45.6 Å². The first-order valence-corrected chi connectivity index (χ1v) is 14.9. The smallest absolute Gasteiger partial charge is 0.333 e. The van der Waals surface area contributed by atoms with Crippen molar-refractivity contribution in [1.82, 2.24) is 24.3 Å². The fourth-order valence-corrected chi connectivity index (χ4v) is 7.87. The number of nitrogens with one attached hydrogen (secondary N) is 1. The van der Waals surface area contributed by atoms with E-state index in [0.29, 0.717) is 32.1 Å². The van der Waals surface area contributed by atoms with Gasteiger partial charge in [-0.15, -0.1) is 0 Å². The molecule has 1 saturated heterocycles. The number of amides is 1. The Morgan fingerprint density at radius 3 is 2.62 bits per heavy atom. The molecular weight excluding hydrogens is 515 g/mol. The molecule has 5 heterocycles. The molecule has 2 aromatic heterocycles. The average molecular weight is 545 g/mol. The van der Waals surface area contributed by atoms with E-state index in [1.54, 1.807) is 16.3 Å². The fourth-order valence-electron chi connectivity index (χ4n) is 5.84. The summed E-state index contributed by atoms with van der Waals surface area (Å²) in [6, 6.07) is 0.855. The normalized spacial score (nSPS) is 24.2. The van der Waals surface area contributed by atoms with Crippen molar-refractivity contribution in [2.24, 2.45) is 4.99 Å². The number of pyridine rings is 1. The molecule has 1 N–H and O–H groups in total. The van der Waals surface area contributed by atoms with Gasteiger partial charge in [-0.1, -0.05) is 11.8 Å². The number of amidine groups is 1. The number of thioether (sulfide) groups is 2. The number of fused-ring (bicyclic) bond motifs is 2. The zero-order valence-corrected chi connectivity index (χ0v) is 22.0. The Hall–Kier alpha value is -2.60. The number of carbonyl (C=O) groups excluding carboxylic acids is 1. The highest BCUT2D eigenvalue weighted by Gasteiger charge is 2.31. The maximum absolute atomic E-state index is 14.1. The number of aliphatic imine (C=N–C) groups is 1. The lowest BCUT2D eigenvalue weighted by Gasteiger charge is -2.31. The van der Waals surface area contributed by atoms with E-state index in [1.165, 1.54) is 10.6 Å². The molecule has 0 aromatic carbocycles. The van der Waals surface area contributed by atoms with E-state index >= 15 is 0 Å². The number of carbonyl (C=O) groups is 1. The molecule has 0 spiro atoms. The quantitative estimate of drug-likeness (QED) is 0.618. The Morgan fingerprint density at radius 1 is 1.08 bits per heavy atom. The SMILES string of the molecule is O=C(CC1=CSC2=NCCN12)NC1CCC(n2c(=O)c3cc(F)cnc3n(C3CCSCC3)c2=O)CC1. The van der Waals surface area contributed by atoms with Crippen molar-refractivity contribution in [3.05, 3.63) is 50.0 Å². The van der Waals surface area contributed by atoms with Crippen molar-refractivity contribution < 1.29 is 9.18 Å². The first-order chi connectivity index (χ1) is 18.0. The molecule has 3 aliphatic heterocycles. The molecule has 0 atom stereocenters. The largest absolute Gasteiger partial charge is 0.353 e. The Balaban J connectivity index is 1.19. The van der Waals surface area contributed by atoms with Gasteiger partial charge in [-0.2, -0.15) is 11.8 Å². The van der Waals surface area contributed by atoms with E-state index in [0.717, 1.165) is 54.5 Å². The highest BCUT2D eigenvalue weighted by Crippen LogP contribution is 2.32. The van der Waals surface area contributed by atoms with E-state index in [-0.39, 0.29) is 40.8 Å².